The number of carbonyl (C=O) groups is 1. The summed E-state index contributed by atoms with van der Waals surface area (Å²) < 4.78 is 7.09. The molecule has 1 aliphatic rings. The summed E-state index contributed by atoms with van der Waals surface area (Å²) in [4.78, 5) is 22.3. The van der Waals surface area contributed by atoms with Crippen molar-refractivity contribution in [1.29, 1.82) is 0 Å². The lowest BCUT2D eigenvalue weighted by Gasteiger charge is -2.33. The third-order valence-corrected chi connectivity index (χ3v) is 3.40. The van der Waals surface area contributed by atoms with Crippen LogP contribution in [0.15, 0.2) is 12.4 Å². The highest BCUT2D eigenvalue weighted by molar-refractivity contribution is 5.75. The number of carbonyl (C=O) groups excluding carboxylic acids is 1. The van der Waals surface area contributed by atoms with E-state index in [0.717, 1.165) is 6.54 Å². The van der Waals surface area contributed by atoms with Crippen LogP contribution >= 0.6 is 0 Å². The molecular weight excluding hydrogens is 276 g/mol. The van der Waals surface area contributed by atoms with Crippen LogP contribution in [-0.2, 0) is 9.53 Å². The van der Waals surface area contributed by atoms with E-state index in [2.05, 4.69) is 10.4 Å². The quantitative estimate of drug-likeness (QED) is 0.512. The first-order chi connectivity index (χ1) is 9.79. The van der Waals surface area contributed by atoms with E-state index in [1.54, 1.807) is 20.8 Å². The molecule has 2 heterocycles. The Morgan fingerprint density at radius 1 is 1.57 bits per heavy atom. The Hall–Kier alpha value is -1.96. The fourth-order valence-electron chi connectivity index (χ4n) is 2.16. The lowest BCUT2D eigenvalue weighted by Crippen LogP contribution is -2.45. The first-order valence-corrected chi connectivity index (χ1v) is 6.89. The zero-order valence-corrected chi connectivity index (χ0v) is 12.4. The summed E-state index contributed by atoms with van der Waals surface area (Å²) in [7, 11) is 0. The fourth-order valence-corrected chi connectivity index (χ4v) is 2.16. The number of aromatic nitrogens is 2. The Labute approximate surface area is 122 Å². The van der Waals surface area contributed by atoms with E-state index in [4.69, 9.17) is 4.74 Å². The number of rotatable bonds is 3. The van der Waals surface area contributed by atoms with Crippen LogP contribution in [0.1, 0.15) is 33.2 Å². The second-order valence-corrected chi connectivity index (χ2v) is 6.19. The van der Waals surface area contributed by atoms with Crippen LogP contribution in [0, 0.1) is 15.5 Å². The molecule has 0 bridgehead atoms. The maximum absolute atomic E-state index is 12.0. The van der Waals surface area contributed by atoms with Crippen molar-refractivity contribution in [2.24, 2.45) is 5.41 Å². The molecule has 21 heavy (non-hydrogen) atoms. The summed E-state index contributed by atoms with van der Waals surface area (Å²) >= 11 is 0. The van der Waals surface area contributed by atoms with E-state index in [9.17, 15) is 14.9 Å². The molecule has 2 atom stereocenters. The van der Waals surface area contributed by atoms with Crippen LogP contribution in [0.2, 0.25) is 0 Å². The predicted octanol–water partition coefficient (Wildman–Crippen LogP) is 1.28. The largest absolute Gasteiger partial charge is 0.458 e. The minimum absolute atomic E-state index is 0.0607. The molecule has 0 saturated carbocycles. The maximum Gasteiger partial charge on any atom is 0.311 e. The molecule has 0 spiro atoms. The fraction of sp³-hybridized carbons (Fsp3) is 0.692. The molecule has 1 aromatic rings. The lowest BCUT2D eigenvalue weighted by molar-refractivity contribution is -0.385. The van der Waals surface area contributed by atoms with Gasteiger partial charge in [-0.05, 0) is 33.7 Å². The van der Waals surface area contributed by atoms with Gasteiger partial charge in [0.05, 0.1) is 16.4 Å². The highest BCUT2D eigenvalue weighted by Gasteiger charge is 2.34. The van der Waals surface area contributed by atoms with Gasteiger partial charge >= 0.3 is 11.7 Å². The molecule has 0 aliphatic carbocycles. The highest BCUT2D eigenvalue weighted by Crippen LogP contribution is 2.26. The first kappa shape index (κ1) is 15.4. The van der Waals surface area contributed by atoms with Gasteiger partial charge in [-0.15, -0.1) is 0 Å². The number of nitrogens with zero attached hydrogens (tertiary/aromatic N) is 3. The van der Waals surface area contributed by atoms with Crippen molar-refractivity contribution in [3.63, 3.8) is 0 Å². The Bertz CT molecular complexity index is 535. The molecule has 2 rings (SSSR count). The molecule has 0 amide bonds. The van der Waals surface area contributed by atoms with Gasteiger partial charge in [0, 0.05) is 6.54 Å². The van der Waals surface area contributed by atoms with Crippen molar-refractivity contribution in [3.8, 4) is 0 Å². The number of nitrogens with one attached hydrogen (secondary N) is 1. The number of hydrogen-bond acceptors (Lipinski definition) is 6. The topological polar surface area (TPSA) is 99.3 Å². The van der Waals surface area contributed by atoms with Gasteiger partial charge in [0.25, 0.3) is 0 Å². The molecule has 1 saturated heterocycles. The molecule has 1 fully saturated rings. The minimum Gasteiger partial charge on any atom is -0.458 e. The molecule has 1 aliphatic heterocycles. The average Bonchev–Trinajstić information content (AvgIpc) is 2.88. The monoisotopic (exact) mass is 296 g/mol. The van der Waals surface area contributed by atoms with Crippen LogP contribution in [0.25, 0.3) is 0 Å². The maximum atomic E-state index is 12.0. The number of hydrogen-bond donors (Lipinski definition) is 1. The molecule has 8 heteroatoms. The Balaban J connectivity index is 2.15. The molecule has 1 aromatic heterocycles. The summed E-state index contributed by atoms with van der Waals surface area (Å²) in [6.45, 7) is 6.64. The molecule has 1 N–H and O–H groups in total. The molecule has 116 valence electrons. The number of nitro groups is 1. The summed E-state index contributed by atoms with van der Waals surface area (Å²) in [6, 6.07) is -0.189. The lowest BCUT2D eigenvalue weighted by atomic mass is 9.96. The van der Waals surface area contributed by atoms with E-state index < -0.39 is 10.3 Å². The third kappa shape index (κ3) is 3.57. The van der Waals surface area contributed by atoms with Crippen molar-refractivity contribution >= 4 is 11.7 Å². The second kappa shape index (κ2) is 5.80. The first-order valence-electron chi connectivity index (χ1n) is 6.89. The molecule has 0 aromatic carbocycles. The van der Waals surface area contributed by atoms with E-state index >= 15 is 0 Å². The summed E-state index contributed by atoms with van der Waals surface area (Å²) in [6.07, 6.45) is 2.91. The minimum atomic E-state index is -0.585. The number of piperidine rings is 1. The van der Waals surface area contributed by atoms with Crippen molar-refractivity contribution < 1.29 is 14.5 Å². The molecule has 2 unspecified atom stereocenters. The highest BCUT2D eigenvalue weighted by atomic mass is 16.6. The molecule has 8 nitrogen and oxygen atoms in total. The van der Waals surface area contributed by atoms with E-state index in [1.165, 1.54) is 17.1 Å². The van der Waals surface area contributed by atoms with Crippen LogP contribution in [0.5, 0.6) is 0 Å². The van der Waals surface area contributed by atoms with Crippen molar-refractivity contribution in [3.05, 3.63) is 22.5 Å². The average molecular weight is 296 g/mol. The summed E-state index contributed by atoms with van der Waals surface area (Å²) in [5.74, 6) is -0.289. The van der Waals surface area contributed by atoms with Crippen LogP contribution in [-0.4, -0.2) is 39.9 Å². The zero-order valence-electron chi connectivity index (χ0n) is 12.4. The van der Waals surface area contributed by atoms with Gasteiger partial charge < -0.3 is 10.1 Å². The summed E-state index contributed by atoms with van der Waals surface area (Å²) in [5.41, 5.74) is -0.646. The SMILES string of the molecule is CC(C)(C)C(=O)OC1CNCCC1n1cc([N+](=O)[O-])cn1. The number of esters is 1. The Kier molecular flexibility index (Phi) is 4.26. The Morgan fingerprint density at radius 2 is 2.29 bits per heavy atom. The summed E-state index contributed by atoms with van der Waals surface area (Å²) in [5, 5.41) is 17.9. The van der Waals surface area contributed by atoms with E-state index in [0.29, 0.717) is 13.0 Å². The van der Waals surface area contributed by atoms with Gasteiger partial charge in [0.1, 0.15) is 18.5 Å². The smallest absolute Gasteiger partial charge is 0.311 e. The Morgan fingerprint density at radius 3 is 2.86 bits per heavy atom. The van der Waals surface area contributed by atoms with Gasteiger partial charge in [0.15, 0.2) is 0 Å². The zero-order chi connectivity index (χ0) is 15.6. The van der Waals surface area contributed by atoms with E-state index in [-0.39, 0.29) is 23.8 Å². The van der Waals surface area contributed by atoms with Gasteiger partial charge in [-0.2, -0.15) is 5.10 Å². The second-order valence-electron chi connectivity index (χ2n) is 6.19. The van der Waals surface area contributed by atoms with Gasteiger partial charge in [-0.3, -0.25) is 19.6 Å². The third-order valence-electron chi connectivity index (χ3n) is 3.40. The molecular formula is C13H20N4O4. The van der Waals surface area contributed by atoms with Gasteiger partial charge in [-0.25, -0.2) is 0 Å². The van der Waals surface area contributed by atoms with Crippen LogP contribution in [0.3, 0.4) is 0 Å². The molecule has 0 radical (unpaired) electrons. The van der Waals surface area contributed by atoms with Gasteiger partial charge in [0.2, 0.25) is 0 Å². The standard InChI is InChI=1S/C13H20N4O4/c1-13(2,3)12(18)21-11-7-14-5-4-10(11)16-8-9(6-15-16)17(19)20/h6,8,10-11,14H,4-5,7H2,1-3H3. The van der Waals surface area contributed by atoms with Gasteiger partial charge in [-0.1, -0.05) is 0 Å². The van der Waals surface area contributed by atoms with E-state index in [1.807, 2.05) is 0 Å². The van der Waals surface area contributed by atoms with Crippen LogP contribution < -0.4 is 5.32 Å². The number of ether oxygens (including phenoxy) is 1. The predicted molar refractivity (Wildman–Crippen MR) is 74.7 cm³/mol. The van der Waals surface area contributed by atoms with Crippen molar-refractivity contribution in [2.75, 3.05) is 13.1 Å². The normalized spacial score (nSPS) is 22.8. The van der Waals surface area contributed by atoms with Crippen molar-refractivity contribution in [1.82, 2.24) is 15.1 Å². The van der Waals surface area contributed by atoms with Crippen LogP contribution in [0.4, 0.5) is 5.69 Å². The van der Waals surface area contributed by atoms with Crippen molar-refractivity contribution in [2.45, 2.75) is 39.3 Å².